The van der Waals surface area contributed by atoms with Crippen LogP contribution in [0.25, 0.3) is 0 Å². The van der Waals surface area contributed by atoms with E-state index >= 15 is 0 Å². The van der Waals surface area contributed by atoms with E-state index in [4.69, 9.17) is 5.73 Å². The Morgan fingerprint density at radius 1 is 1.64 bits per heavy atom. The van der Waals surface area contributed by atoms with E-state index in [2.05, 4.69) is 5.32 Å². The second-order valence-corrected chi connectivity index (χ2v) is 3.41. The third-order valence-corrected chi connectivity index (χ3v) is 1.42. The standard InChI is InChI=1S/C8H18N2O/c1-5-7(11)6(2)10-8(3,4)9/h6,10H,5,9H2,1-4H3. The van der Waals surface area contributed by atoms with Crippen LogP contribution in [0.2, 0.25) is 0 Å². The number of ketones is 1. The van der Waals surface area contributed by atoms with E-state index in [0.717, 1.165) is 0 Å². The van der Waals surface area contributed by atoms with Crippen LogP contribution in [0.4, 0.5) is 0 Å². The highest BCUT2D eigenvalue weighted by Gasteiger charge is 2.17. The van der Waals surface area contributed by atoms with Gasteiger partial charge in [-0.3, -0.25) is 10.1 Å². The molecule has 0 amide bonds. The van der Waals surface area contributed by atoms with Gasteiger partial charge in [0.25, 0.3) is 0 Å². The van der Waals surface area contributed by atoms with Crippen LogP contribution in [0.3, 0.4) is 0 Å². The Labute approximate surface area is 68.3 Å². The maximum Gasteiger partial charge on any atom is 0.149 e. The van der Waals surface area contributed by atoms with Crippen LogP contribution >= 0.6 is 0 Å². The van der Waals surface area contributed by atoms with E-state index in [-0.39, 0.29) is 11.8 Å². The summed E-state index contributed by atoms with van der Waals surface area (Å²) in [5.41, 5.74) is 5.20. The summed E-state index contributed by atoms with van der Waals surface area (Å²) in [6.45, 7) is 7.36. The Balaban J connectivity index is 3.87. The number of carbonyl (C=O) groups excluding carboxylic acids is 1. The fourth-order valence-corrected chi connectivity index (χ4v) is 0.945. The lowest BCUT2D eigenvalue weighted by atomic mass is 10.1. The number of nitrogens with two attached hydrogens (primary N) is 1. The van der Waals surface area contributed by atoms with Gasteiger partial charge in [-0.25, -0.2) is 0 Å². The van der Waals surface area contributed by atoms with Crippen molar-refractivity contribution in [1.82, 2.24) is 5.32 Å². The molecule has 1 atom stereocenters. The molecule has 0 saturated carbocycles. The van der Waals surface area contributed by atoms with Crippen molar-refractivity contribution in [2.24, 2.45) is 5.73 Å². The van der Waals surface area contributed by atoms with Crippen LogP contribution in [-0.4, -0.2) is 17.5 Å². The molecule has 0 aromatic carbocycles. The fourth-order valence-electron chi connectivity index (χ4n) is 0.945. The number of carbonyl (C=O) groups is 1. The first-order valence-corrected chi connectivity index (χ1v) is 3.96. The topological polar surface area (TPSA) is 55.1 Å². The lowest BCUT2D eigenvalue weighted by molar-refractivity contribution is -0.120. The van der Waals surface area contributed by atoms with Gasteiger partial charge < -0.3 is 5.73 Å². The summed E-state index contributed by atoms with van der Waals surface area (Å²) in [6.07, 6.45) is 0.560. The molecule has 0 aliphatic rings. The van der Waals surface area contributed by atoms with Gasteiger partial charge in [0.2, 0.25) is 0 Å². The maximum atomic E-state index is 11.1. The van der Waals surface area contributed by atoms with Gasteiger partial charge in [0, 0.05) is 6.42 Å². The van der Waals surface area contributed by atoms with Crippen LogP contribution < -0.4 is 11.1 Å². The van der Waals surface area contributed by atoms with Crippen molar-refractivity contribution in [3.63, 3.8) is 0 Å². The summed E-state index contributed by atoms with van der Waals surface area (Å²) in [7, 11) is 0. The molecular weight excluding hydrogens is 140 g/mol. The normalized spacial score (nSPS) is 14.6. The Morgan fingerprint density at radius 3 is 2.36 bits per heavy atom. The summed E-state index contributed by atoms with van der Waals surface area (Å²) < 4.78 is 0. The quantitative estimate of drug-likeness (QED) is 0.590. The molecule has 0 aromatic heterocycles. The highest BCUT2D eigenvalue weighted by atomic mass is 16.1. The van der Waals surface area contributed by atoms with Gasteiger partial charge >= 0.3 is 0 Å². The average Bonchev–Trinajstić information content (AvgIpc) is 1.82. The van der Waals surface area contributed by atoms with Gasteiger partial charge in [-0.1, -0.05) is 6.92 Å². The van der Waals surface area contributed by atoms with Crippen LogP contribution in [0, 0.1) is 0 Å². The largest absolute Gasteiger partial charge is 0.314 e. The molecule has 11 heavy (non-hydrogen) atoms. The summed E-state index contributed by atoms with van der Waals surface area (Å²) in [4.78, 5) is 11.1. The maximum absolute atomic E-state index is 11.1. The molecule has 3 heteroatoms. The SMILES string of the molecule is CCC(=O)C(C)NC(C)(C)N. The first-order valence-electron chi connectivity index (χ1n) is 3.96. The Hall–Kier alpha value is -0.410. The number of hydrogen-bond acceptors (Lipinski definition) is 3. The number of nitrogens with one attached hydrogen (secondary N) is 1. The number of hydrogen-bond donors (Lipinski definition) is 2. The number of rotatable bonds is 4. The van der Waals surface area contributed by atoms with Crippen LogP contribution in [0.1, 0.15) is 34.1 Å². The zero-order valence-corrected chi connectivity index (χ0v) is 7.77. The minimum absolute atomic E-state index is 0.139. The smallest absolute Gasteiger partial charge is 0.149 e. The third kappa shape index (κ3) is 4.93. The summed E-state index contributed by atoms with van der Waals surface area (Å²) in [5.74, 6) is 0.198. The molecule has 66 valence electrons. The summed E-state index contributed by atoms with van der Waals surface area (Å²) >= 11 is 0. The Morgan fingerprint density at radius 2 is 2.09 bits per heavy atom. The molecule has 0 rings (SSSR count). The fraction of sp³-hybridized carbons (Fsp3) is 0.875. The van der Waals surface area contributed by atoms with Crippen molar-refractivity contribution in [1.29, 1.82) is 0 Å². The van der Waals surface area contributed by atoms with E-state index in [0.29, 0.717) is 6.42 Å². The minimum atomic E-state index is -0.468. The molecule has 3 N–H and O–H groups in total. The monoisotopic (exact) mass is 158 g/mol. The molecule has 0 bridgehead atoms. The predicted octanol–water partition coefficient (Wildman–Crippen LogP) is 0.638. The zero-order chi connectivity index (χ0) is 9.07. The molecule has 0 aliphatic heterocycles. The lowest BCUT2D eigenvalue weighted by Gasteiger charge is -2.24. The van der Waals surface area contributed by atoms with Crippen molar-refractivity contribution in [2.75, 3.05) is 0 Å². The van der Waals surface area contributed by atoms with Gasteiger partial charge in [0.15, 0.2) is 0 Å². The molecule has 0 heterocycles. The molecule has 0 spiro atoms. The molecule has 1 unspecified atom stereocenters. The second kappa shape index (κ2) is 3.83. The van der Waals surface area contributed by atoms with Crippen molar-refractivity contribution >= 4 is 5.78 Å². The van der Waals surface area contributed by atoms with Crippen molar-refractivity contribution in [3.05, 3.63) is 0 Å². The van der Waals surface area contributed by atoms with E-state index in [9.17, 15) is 4.79 Å². The molecule has 3 nitrogen and oxygen atoms in total. The molecule has 0 aliphatic carbocycles. The zero-order valence-electron chi connectivity index (χ0n) is 7.77. The first kappa shape index (κ1) is 10.6. The molecule has 0 aromatic rings. The van der Waals surface area contributed by atoms with Crippen molar-refractivity contribution in [3.8, 4) is 0 Å². The van der Waals surface area contributed by atoms with Gasteiger partial charge in [0.1, 0.15) is 5.78 Å². The molecule has 0 saturated heterocycles. The number of Topliss-reactive ketones (excluding diaryl/α,β-unsaturated/α-hetero) is 1. The molecular formula is C8H18N2O. The first-order chi connectivity index (χ1) is 4.87. The highest BCUT2D eigenvalue weighted by Crippen LogP contribution is 1.96. The van der Waals surface area contributed by atoms with E-state index in [1.165, 1.54) is 0 Å². The van der Waals surface area contributed by atoms with Crippen LogP contribution in [0.15, 0.2) is 0 Å². The predicted molar refractivity (Wildman–Crippen MR) is 46.2 cm³/mol. The third-order valence-electron chi connectivity index (χ3n) is 1.42. The van der Waals surface area contributed by atoms with E-state index in [1.807, 2.05) is 27.7 Å². The summed E-state index contributed by atoms with van der Waals surface area (Å²) in [5, 5.41) is 3.00. The van der Waals surface area contributed by atoms with Gasteiger partial charge in [-0.15, -0.1) is 0 Å². The lowest BCUT2D eigenvalue weighted by Crippen LogP contribution is -2.53. The highest BCUT2D eigenvalue weighted by molar-refractivity contribution is 5.83. The van der Waals surface area contributed by atoms with Crippen LogP contribution in [0.5, 0.6) is 0 Å². The van der Waals surface area contributed by atoms with Crippen LogP contribution in [-0.2, 0) is 4.79 Å². The Bertz CT molecular complexity index is 138. The molecule has 0 fully saturated rings. The van der Waals surface area contributed by atoms with Gasteiger partial charge in [0.05, 0.1) is 11.7 Å². The minimum Gasteiger partial charge on any atom is -0.314 e. The average molecular weight is 158 g/mol. The van der Waals surface area contributed by atoms with Crippen molar-refractivity contribution in [2.45, 2.75) is 45.8 Å². The summed E-state index contributed by atoms with van der Waals surface area (Å²) in [6, 6.07) is -0.139. The second-order valence-electron chi connectivity index (χ2n) is 3.41. The van der Waals surface area contributed by atoms with Gasteiger partial charge in [-0.05, 0) is 20.8 Å². The van der Waals surface area contributed by atoms with E-state index < -0.39 is 5.66 Å². The van der Waals surface area contributed by atoms with Crippen molar-refractivity contribution < 1.29 is 4.79 Å². The Kier molecular flexibility index (Phi) is 3.69. The van der Waals surface area contributed by atoms with E-state index in [1.54, 1.807) is 0 Å². The van der Waals surface area contributed by atoms with Gasteiger partial charge in [-0.2, -0.15) is 0 Å². The molecule has 0 radical (unpaired) electrons.